The summed E-state index contributed by atoms with van der Waals surface area (Å²) in [6.45, 7) is 5.04. The lowest BCUT2D eigenvalue weighted by Crippen LogP contribution is -2.32. The molecule has 3 aromatic heterocycles. The number of hydrogen-bond donors (Lipinski definition) is 1. The number of nitrogens with zero attached hydrogens (tertiary/aromatic N) is 7. The minimum absolute atomic E-state index is 0.564. The van der Waals surface area contributed by atoms with Crippen molar-refractivity contribution in [3.8, 4) is 22.6 Å². The largest absolute Gasteiger partial charge is 0.347 e. The number of aryl methyl sites for hydroxylation is 1. The molecule has 3 heterocycles. The molecule has 0 aliphatic heterocycles. The van der Waals surface area contributed by atoms with Crippen LogP contribution in [0.15, 0.2) is 42.6 Å². The van der Waals surface area contributed by atoms with Gasteiger partial charge in [0.2, 0.25) is 11.6 Å². The van der Waals surface area contributed by atoms with Gasteiger partial charge in [-0.1, -0.05) is 57.0 Å². The summed E-state index contributed by atoms with van der Waals surface area (Å²) in [6, 6.07) is 12.0. The zero-order valence-electron chi connectivity index (χ0n) is 20.7. The predicted molar refractivity (Wildman–Crippen MR) is 131 cm³/mol. The standard InChI is InChI=1S/C25H32N8O2/c1-5-7-15-33-22(27-24(30-33)25(34-3,35-4)14-6-2)16-18-12-13-21(26-17-18)19-10-8-9-11-20(19)23-28-31-32-29-23/h8-13,17H,5-7,14-16H2,1-4H3,(H,28,29,31,32). The zero-order valence-corrected chi connectivity index (χ0v) is 20.7. The fourth-order valence-electron chi connectivity index (χ4n) is 4.12. The van der Waals surface area contributed by atoms with E-state index in [1.54, 1.807) is 14.2 Å². The second-order valence-corrected chi connectivity index (χ2v) is 8.36. The molecule has 184 valence electrons. The predicted octanol–water partition coefficient (Wildman–Crippen LogP) is 4.16. The van der Waals surface area contributed by atoms with Gasteiger partial charge in [0.15, 0.2) is 5.82 Å². The summed E-state index contributed by atoms with van der Waals surface area (Å²) in [4.78, 5) is 9.60. The molecule has 1 aromatic carbocycles. The number of tetrazole rings is 1. The molecule has 35 heavy (non-hydrogen) atoms. The molecule has 0 saturated carbocycles. The van der Waals surface area contributed by atoms with Crippen LogP contribution in [0.5, 0.6) is 0 Å². The van der Waals surface area contributed by atoms with Crippen LogP contribution in [0.2, 0.25) is 0 Å². The van der Waals surface area contributed by atoms with Gasteiger partial charge in [-0.25, -0.2) is 14.8 Å². The number of pyridine rings is 1. The highest BCUT2D eigenvalue weighted by atomic mass is 16.7. The molecule has 0 bridgehead atoms. The quantitative estimate of drug-likeness (QED) is 0.303. The highest BCUT2D eigenvalue weighted by Crippen LogP contribution is 2.30. The number of unbranched alkanes of at least 4 members (excludes halogenated alkanes) is 1. The summed E-state index contributed by atoms with van der Waals surface area (Å²) < 4.78 is 13.5. The van der Waals surface area contributed by atoms with Crippen molar-refractivity contribution in [2.45, 2.75) is 58.3 Å². The van der Waals surface area contributed by atoms with Crippen LogP contribution in [-0.2, 0) is 28.2 Å². The number of aromatic amines is 1. The van der Waals surface area contributed by atoms with Crippen LogP contribution in [-0.4, -0.2) is 54.6 Å². The molecule has 0 amide bonds. The van der Waals surface area contributed by atoms with Crippen molar-refractivity contribution in [3.63, 3.8) is 0 Å². The number of H-pyrrole nitrogens is 1. The maximum absolute atomic E-state index is 5.75. The monoisotopic (exact) mass is 476 g/mol. The summed E-state index contributed by atoms with van der Waals surface area (Å²) in [5.41, 5.74) is 3.73. The van der Waals surface area contributed by atoms with Crippen LogP contribution in [0.4, 0.5) is 0 Å². The van der Waals surface area contributed by atoms with Gasteiger partial charge in [0, 0.05) is 50.9 Å². The first-order valence-electron chi connectivity index (χ1n) is 12.0. The Morgan fingerprint density at radius 3 is 2.43 bits per heavy atom. The van der Waals surface area contributed by atoms with Gasteiger partial charge >= 0.3 is 0 Å². The highest BCUT2D eigenvalue weighted by Gasteiger charge is 2.36. The first-order chi connectivity index (χ1) is 17.1. The SMILES string of the molecule is CCCCn1nc(C(CCC)(OC)OC)nc1Cc1ccc(-c2ccccc2-c2nnn[nH]2)nc1. The molecule has 0 aliphatic carbocycles. The van der Waals surface area contributed by atoms with Crippen molar-refractivity contribution in [1.82, 2.24) is 40.4 Å². The third kappa shape index (κ3) is 5.28. The first-order valence-corrected chi connectivity index (χ1v) is 12.0. The Morgan fingerprint density at radius 2 is 1.80 bits per heavy atom. The van der Waals surface area contributed by atoms with E-state index in [0.717, 1.165) is 54.0 Å². The summed E-state index contributed by atoms with van der Waals surface area (Å²) in [5, 5.41) is 19.1. The van der Waals surface area contributed by atoms with Crippen molar-refractivity contribution in [2.75, 3.05) is 14.2 Å². The number of benzene rings is 1. The van der Waals surface area contributed by atoms with E-state index in [2.05, 4.69) is 40.5 Å². The first kappa shape index (κ1) is 24.6. The normalized spacial score (nSPS) is 11.8. The van der Waals surface area contributed by atoms with Gasteiger partial charge in [0.05, 0.1) is 5.69 Å². The fourth-order valence-corrected chi connectivity index (χ4v) is 4.12. The second-order valence-electron chi connectivity index (χ2n) is 8.36. The van der Waals surface area contributed by atoms with Gasteiger partial charge in [0.1, 0.15) is 5.82 Å². The topological polar surface area (TPSA) is 117 Å². The lowest BCUT2D eigenvalue weighted by Gasteiger charge is -2.27. The lowest BCUT2D eigenvalue weighted by atomic mass is 10.0. The number of hydrogen-bond acceptors (Lipinski definition) is 8. The Labute approximate surface area is 205 Å². The number of aromatic nitrogens is 8. The summed E-state index contributed by atoms with van der Waals surface area (Å²) in [7, 11) is 3.28. The van der Waals surface area contributed by atoms with Crippen molar-refractivity contribution in [3.05, 3.63) is 59.8 Å². The molecule has 0 spiro atoms. The molecule has 0 aliphatic rings. The lowest BCUT2D eigenvalue weighted by molar-refractivity contribution is -0.225. The van der Waals surface area contributed by atoms with Crippen LogP contribution in [0.1, 0.15) is 56.7 Å². The van der Waals surface area contributed by atoms with E-state index in [1.807, 2.05) is 41.2 Å². The number of nitrogens with one attached hydrogen (secondary N) is 1. The Morgan fingerprint density at radius 1 is 1.00 bits per heavy atom. The van der Waals surface area contributed by atoms with Crippen molar-refractivity contribution in [1.29, 1.82) is 0 Å². The van der Waals surface area contributed by atoms with E-state index in [1.165, 1.54) is 0 Å². The van der Waals surface area contributed by atoms with Gasteiger partial charge in [-0.2, -0.15) is 5.10 Å². The number of methoxy groups -OCH3 is 2. The van der Waals surface area contributed by atoms with E-state index in [0.29, 0.717) is 24.5 Å². The molecule has 0 fully saturated rings. The molecule has 10 nitrogen and oxygen atoms in total. The van der Waals surface area contributed by atoms with Gasteiger partial charge in [-0.05, 0) is 28.5 Å². The van der Waals surface area contributed by atoms with Crippen molar-refractivity contribution in [2.24, 2.45) is 0 Å². The molecule has 0 radical (unpaired) electrons. The summed E-state index contributed by atoms with van der Waals surface area (Å²) in [5.74, 6) is 1.10. The maximum atomic E-state index is 5.75. The molecular formula is C25H32N8O2. The molecular weight excluding hydrogens is 444 g/mol. The van der Waals surface area contributed by atoms with Gasteiger partial charge in [-0.3, -0.25) is 4.98 Å². The van der Waals surface area contributed by atoms with Crippen LogP contribution in [0, 0.1) is 0 Å². The Balaban J connectivity index is 1.62. The molecule has 0 atom stereocenters. The molecule has 1 N–H and O–H groups in total. The van der Waals surface area contributed by atoms with Crippen LogP contribution >= 0.6 is 0 Å². The average molecular weight is 477 g/mol. The summed E-state index contributed by atoms with van der Waals surface area (Å²) in [6.07, 6.45) is 6.13. The van der Waals surface area contributed by atoms with E-state index in [4.69, 9.17) is 24.5 Å². The van der Waals surface area contributed by atoms with E-state index in [9.17, 15) is 0 Å². The smallest absolute Gasteiger partial charge is 0.231 e. The van der Waals surface area contributed by atoms with E-state index < -0.39 is 5.79 Å². The minimum Gasteiger partial charge on any atom is -0.347 e. The molecule has 10 heteroatoms. The van der Waals surface area contributed by atoms with Gasteiger partial charge in [-0.15, -0.1) is 5.10 Å². The Kier molecular flexibility index (Phi) is 7.94. The molecule has 4 aromatic rings. The fraction of sp³-hybridized carbons (Fsp3) is 0.440. The van der Waals surface area contributed by atoms with E-state index in [-0.39, 0.29) is 0 Å². The zero-order chi connectivity index (χ0) is 24.7. The average Bonchev–Trinajstić information content (AvgIpc) is 3.57. The van der Waals surface area contributed by atoms with Crippen molar-refractivity contribution >= 4 is 0 Å². The van der Waals surface area contributed by atoms with Crippen LogP contribution in [0.25, 0.3) is 22.6 Å². The second kappa shape index (κ2) is 11.3. The summed E-state index contributed by atoms with van der Waals surface area (Å²) >= 11 is 0. The van der Waals surface area contributed by atoms with Crippen molar-refractivity contribution < 1.29 is 9.47 Å². The third-order valence-electron chi connectivity index (χ3n) is 6.04. The van der Waals surface area contributed by atoms with Gasteiger partial charge in [0.25, 0.3) is 0 Å². The van der Waals surface area contributed by atoms with Gasteiger partial charge < -0.3 is 9.47 Å². The minimum atomic E-state index is -0.942. The Hall–Kier alpha value is -3.50. The maximum Gasteiger partial charge on any atom is 0.231 e. The van der Waals surface area contributed by atoms with Crippen LogP contribution < -0.4 is 0 Å². The highest BCUT2D eigenvalue weighted by molar-refractivity contribution is 5.78. The number of ether oxygens (including phenoxy) is 2. The number of rotatable bonds is 12. The van der Waals surface area contributed by atoms with Crippen LogP contribution in [0.3, 0.4) is 0 Å². The Bertz CT molecular complexity index is 1200. The van der Waals surface area contributed by atoms with E-state index >= 15 is 0 Å². The third-order valence-corrected chi connectivity index (χ3v) is 6.04. The molecule has 0 saturated heterocycles. The molecule has 4 rings (SSSR count). The molecule has 0 unspecified atom stereocenters.